The third kappa shape index (κ3) is 4.21. The Morgan fingerprint density at radius 2 is 1.95 bits per heavy atom. The topological polar surface area (TPSA) is 50.8 Å². The van der Waals surface area contributed by atoms with E-state index in [1.807, 2.05) is 24.3 Å². The monoisotopic (exact) mass is 278 g/mol. The van der Waals surface area contributed by atoms with Gasteiger partial charge in [0.25, 0.3) is 0 Å². The summed E-state index contributed by atoms with van der Waals surface area (Å²) in [6.07, 6.45) is -0.584. The van der Waals surface area contributed by atoms with Crippen molar-refractivity contribution in [3.05, 3.63) is 29.8 Å². The molecule has 0 aliphatic carbocycles. The van der Waals surface area contributed by atoms with Crippen molar-refractivity contribution >= 4 is 5.97 Å². The normalized spacial score (nSPS) is 17.5. The summed E-state index contributed by atoms with van der Waals surface area (Å²) < 4.78 is 10.1. The molecule has 1 fully saturated rings. The largest absolute Gasteiger partial charge is 0.479 e. The van der Waals surface area contributed by atoms with Crippen LogP contribution in [0.4, 0.5) is 0 Å². The minimum Gasteiger partial charge on any atom is -0.479 e. The van der Waals surface area contributed by atoms with Crippen molar-refractivity contribution in [1.82, 2.24) is 10.2 Å². The van der Waals surface area contributed by atoms with Crippen LogP contribution in [0.25, 0.3) is 0 Å². The van der Waals surface area contributed by atoms with Crippen molar-refractivity contribution in [2.45, 2.75) is 19.6 Å². The molecule has 1 heterocycles. The fraction of sp³-hybridized carbons (Fsp3) is 0.533. The van der Waals surface area contributed by atoms with Crippen LogP contribution in [0.15, 0.2) is 24.3 Å². The van der Waals surface area contributed by atoms with Gasteiger partial charge in [-0.1, -0.05) is 12.1 Å². The zero-order valence-corrected chi connectivity index (χ0v) is 12.1. The van der Waals surface area contributed by atoms with E-state index in [0.29, 0.717) is 5.75 Å². The maximum atomic E-state index is 11.3. The highest BCUT2D eigenvalue weighted by Crippen LogP contribution is 2.15. The summed E-state index contributed by atoms with van der Waals surface area (Å²) in [5, 5.41) is 3.34. The average molecular weight is 278 g/mol. The average Bonchev–Trinajstić information content (AvgIpc) is 2.49. The Balaban J connectivity index is 1.87. The van der Waals surface area contributed by atoms with Gasteiger partial charge in [0.15, 0.2) is 6.10 Å². The second kappa shape index (κ2) is 7.26. The summed E-state index contributed by atoms with van der Waals surface area (Å²) in [5.74, 6) is 0.321. The van der Waals surface area contributed by atoms with Crippen molar-refractivity contribution in [2.75, 3.05) is 33.3 Å². The second-order valence-electron chi connectivity index (χ2n) is 4.95. The van der Waals surface area contributed by atoms with Crippen LogP contribution >= 0.6 is 0 Å². The zero-order valence-electron chi connectivity index (χ0n) is 12.1. The summed E-state index contributed by atoms with van der Waals surface area (Å²) in [4.78, 5) is 13.7. The van der Waals surface area contributed by atoms with Crippen LogP contribution in [0, 0.1) is 0 Å². The standard InChI is InChI=1S/C15H22N2O3/c1-12(15(18)19-2)20-14-5-3-13(4-6-14)11-17-9-7-16-8-10-17/h3-6,12,16H,7-11H2,1-2H3. The molecule has 0 radical (unpaired) electrons. The number of nitrogens with zero attached hydrogens (tertiary/aromatic N) is 1. The van der Waals surface area contributed by atoms with E-state index >= 15 is 0 Å². The van der Waals surface area contributed by atoms with Crippen LogP contribution < -0.4 is 10.1 Å². The molecule has 110 valence electrons. The van der Waals surface area contributed by atoms with E-state index < -0.39 is 6.10 Å². The highest BCUT2D eigenvalue weighted by Gasteiger charge is 2.15. The molecule has 20 heavy (non-hydrogen) atoms. The lowest BCUT2D eigenvalue weighted by molar-refractivity contribution is -0.147. The molecule has 5 heteroatoms. The Labute approximate surface area is 119 Å². The van der Waals surface area contributed by atoms with Gasteiger partial charge in [-0.25, -0.2) is 4.79 Å². The third-order valence-corrected chi connectivity index (χ3v) is 3.39. The minimum atomic E-state index is -0.584. The van der Waals surface area contributed by atoms with Gasteiger partial charge in [-0.05, 0) is 24.6 Å². The fourth-order valence-electron chi connectivity index (χ4n) is 2.22. The van der Waals surface area contributed by atoms with Gasteiger partial charge in [0, 0.05) is 32.7 Å². The first-order chi connectivity index (χ1) is 9.69. The van der Waals surface area contributed by atoms with E-state index in [-0.39, 0.29) is 5.97 Å². The molecule has 1 saturated heterocycles. The number of rotatable bonds is 5. The number of esters is 1. The van der Waals surface area contributed by atoms with Gasteiger partial charge in [0.05, 0.1) is 7.11 Å². The number of benzene rings is 1. The van der Waals surface area contributed by atoms with Gasteiger partial charge in [0.1, 0.15) is 5.75 Å². The molecule has 1 aliphatic rings. The molecule has 1 atom stereocenters. The number of hydrogen-bond donors (Lipinski definition) is 1. The van der Waals surface area contributed by atoms with Crippen LogP contribution in [-0.2, 0) is 16.1 Å². The van der Waals surface area contributed by atoms with Gasteiger partial charge >= 0.3 is 5.97 Å². The number of carbonyl (C=O) groups is 1. The van der Waals surface area contributed by atoms with Gasteiger partial charge in [-0.15, -0.1) is 0 Å². The molecule has 1 aromatic rings. The van der Waals surface area contributed by atoms with E-state index in [2.05, 4.69) is 15.0 Å². The molecule has 0 spiro atoms. The molecule has 1 aliphatic heterocycles. The lowest BCUT2D eigenvalue weighted by Crippen LogP contribution is -2.42. The molecular formula is C15H22N2O3. The summed E-state index contributed by atoms with van der Waals surface area (Å²) in [5.41, 5.74) is 1.25. The van der Waals surface area contributed by atoms with Gasteiger partial charge in [-0.2, -0.15) is 0 Å². The fourth-order valence-corrected chi connectivity index (χ4v) is 2.22. The van der Waals surface area contributed by atoms with Gasteiger partial charge < -0.3 is 14.8 Å². The lowest BCUT2D eigenvalue weighted by Gasteiger charge is -2.27. The molecule has 0 bridgehead atoms. The van der Waals surface area contributed by atoms with Crippen molar-refractivity contribution in [3.63, 3.8) is 0 Å². The number of ether oxygens (including phenoxy) is 2. The smallest absolute Gasteiger partial charge is 0.346 e. The van der Waals surface area contributed by atoms with Crippen LogP contribution in [0.2, 0.25) is 0 Å². The summed E-state index contributed by atoms with van der Waals surface area (Å²) in [6.45, 7) is 6.90. The van der Waals surface area contributed by atoms with Crippen LogP contribution in [0.3, 0.4) is 0 Å². The number of carbonyl (C=O) groups excluding carboxylic acids is 1. The van der Waals surface area contributed by atoms with Gasteiger partial charge in [0.2, 0.25) is 0 Å². The third-order valence-electron chi connectivity index (χ3n) is 3.39. The Hall–Kier alpha value is -1.59. The van der Waals surface area contributed by atoms with Crippen molar-refractivity contribution in [2.24, 2.45) is 0 Å². The quantitative estimate of drug-likeness (QED) is 0.815. The molecular weight excluding hydrogens is 256 g/mol. The number of hydrogen-bond acceptors (Lipinski definition) is 5. The Morgan fingerprint density at radius 1 is 1.30 bits per heavy atom. The van der Waals surface area contributed by atoms with Gasteiger partial charge in [-0.3, -0.25) is 4.90 Å². The van der Waals surface area contributed by atoms with Crippen LogP contribution in [-0.4, -0.2) is 50.3 Å². The molecule has 2 rings (SSSR count). The minimum absolute atomic E-state index is 0.366. The van der Waals surface area contributed by atoms with E-state index in [0.717, 1.165) is 32.7 Å². The first-order valence-electron chi connectivity index (χ1n) is 6.95. The summed E-state index contributed by atoms with van der Waals surface area (Å²) >= 11 is 0. The molecule has 0 amide bonds. The maximum absolute atomic E-state index is 11.3. The summed E-state index contributed by atoms with van der Waals surface area (Å²) in [6, 6.07) is 7.89. The SMILES string of the molecule is COC(=O)C(C)Oc1ccc(CN2CCNCC2)cc1. The molecule has 1 aromatic carbocycles. The molecule has 1 unspecified atom stereocenters. The van der Waals surface area contributed by atoms with E-state index in [1.165, 1.54) is 12.7 Å². The summed E-state index contributed by atoms with van der Waals surface area (Å²) in [7, 11) is 1.36. The Morgan fingerprint density at radius 3 is 2.55 bits per heavy atom. The van der Waals surface area contributed by atoms with E-state index in [1.54, 1.807) is 6.92 Å². The van der Waals surface area contributed by atoms with E-state index in [9.17, 15) is 4.79 Å². The Kier molecular flexibility index (Phi) is 5.38. The number of nitrogens with one attached hydrogen (secondary N) is 1. The lowest BCUT2D eigenvalue weighted by atomic mass is 10.2. The zero-order chi connectivity index (χ0) is 14.4. The van der Waals surface area contributed by atoms with Crippen molar-refractivity contribution < 1.29 is 14.3 Å². The maximum Gasteiger partial charge on any atom is 0.346 e. The van der Waals surface area contributed by atoms with Crippen LogP contribution in [0.5, 0.6) is 5.75 Å². The number of piperazine rings is 1. The second-order valence-corrected chi connectivity index (χ2v) is 4.95. The molecule has 0 saturated carbocycles. The molecule has 0 aromatic heterocycles. The molecule has 5 nitrogen and oxygen atoms in total. The highest BCUT2D eigenvalue weighted by molar-refractivity contribution is 5.74. The van der Waals surface area contributed by atoms with Crippen molar-refractivity contribution in [3.8, 4) is 5.75 Å². The highest BCUT2D eigenvalue weighted by atomic mass is 16.6. The molecule has 1 N–H and O–H groups in total. The first-order valence-corrected chi connectivity index (χ1v) is 6.95. The number of methoxy groups -OCH3 is 1. The van der Waals surface area contributed by atoms with E-state index in [4.69, 9.17) is 4.74 Å². The first kappa shape index (κ1) is 14.8. The predicted octanol–water partition coefficient (Wildman–Crippen LogP) is 1.03. The van der Waals surface area contributed by atoms with Crippen LogP contribution in [0.1, 0.15) is 12.5 Å². The van der Waals surface area contributed by atoms with Crippen molar-refractivity contribution in [1.29, 1.82) is 0 Å². The predicted molar refractivity (Wildman–Crippen MR) is 76.7 cm³/mol. The Bertz CT molecular complexity index is 427.